The molecular formula is C14H20N2O. The molecule has 0 saturated heterocycles. The van der Waals surface area contributed by atoms with Gasteiger partial charge in [-0.3, -0.25) is 0 Å². The number of furan rings is 1. The van der Waals surface area contributed by atoms with E-state index in [4.69, 9.17) is 4.42 Å². The van der Waals surface area contributed by atoms with Crippen molar-refractivity contribution in [1.82, 2.24) is 9.97 Å². The lowest BCUT2D eigenvalue weighted by atomic mass is 9.79. The third-order valence-electron chi connectivity index (χ3n) is 2.76. The van der Waals surface area contributed by atoms with Crippen molar-refractivity contribution in [3.8, 4) is 0 Å². The summed E-state index contributed by atoms with van der Waals surface area (Å²) in [4.78, 5) is 8.69. The van der Waals surface area contributed by atoms with Gasteiger partial charge in [0.2, 0.25) is 5.71 Å². The van der Waals surface area contributed by atoms with Gasteiger partial charge in [0.1, 0.15) is 11.3 Å². The summed E-state index contributed by atoms with van der Waals surface area (Å²) in [6, 6.07) is 0. The van der Waals surface area contributed by atoms with E-state index in [2.05, 4.69) is 51.5 Å². The zero-order chi connectivity index (χ0) is 12.8. The van der Waals surface area contributed by atoms with Crippen molar-refractivity contribution in [2.75, 3.05) is 0 Å². The molecule has 92 valence electrons. The molecule has 0 aliphatic rings. The zero-order valence-corrected chi connectivity index (χ0v) is 11.5. The Bertz CT molecular complexity index is 541. The molecule has 0 aliphatic heterocycles. The van der Waals surface area contributed by atoms with E-state index in [0.29, 0.717) is 5.71 Å². The molecule has 0 aromatic carbocycles. The summed E-state index contributed by atoms with van der Waals surface area (Å²) < 4.78 is 5.92. The number of hydrogen-bond acceptors (Lipinski definition) is 3. The lowest BCUT2D eigenvalue weighted by Crippen LogP contribution is -2.20. The summed E-state index contributed by atoms with van der Waals surface area (Å²) in [5.74, 6) is 0.992. The number of hydrogen-bond donors (Lipinski definition) is 0. The summed E-state index contributed by atoms with van der Waals surface area (Å²) in [5.41, 5.74) is 2.68. The Labute approximate surface area is 102 Å². The first-order valence-electron chi connectivity index (χ1n) is 5.96. The van der Waals surface area contributed by atoms with Gasteiger partial charge in [0.15, 0.2) is 0 Å². The highest BCUT2D eigenvalue weighted by Crippen LogP contribution is 2.39. The summed E-state index contributed by atoms with van der Waals surface area (Å²) >= 11 is 0. The van der Waals surface area contributed by atoms with Crippen LogP contribution in [-0.2, 0) is 10.8 Å². The van der Waals surface area contributed by atoms with E-state index in [1.165, 1.54) is 5.56 Å². The van der Waals surface area contributed by atoms with Crippen molar-refractivity contribution in [3.63, 3.8) is 0 Å². The van der Waals surface area contributed by atoms with Crippen molar-refractivity contribution in [1.29, 1.82) is 0 Å². The summed E-state index contributed by atoms with van der Waals surface area (Å²) in [6.07, 6.45) is 3.39. The molecule has 0 fully saturated rings. The quantitative estimate of drug-likeness (QED) is 0.693. The molecule has 0 spiro atoms. The fourth-order valence-corrected chi connectivity index (χ4v) is 2.05. The average Bonchev–Trinajstić information content (AvgIpc) is 2.54. The lowest BCUT2D eigenvalue weighted by molar-refractivity contribution is 0.406. The first-order valence-corrected chi connectivity index (χ1v) is 5.96. The van der Waals surface area contributed by atoms with Gasteiger partial charge < -0.3 is 4.42 Å². The minimum Gasteiger partial charge on any atom is -0.441 e. The summed E-state index contributed by atoms with van der Waals surface area (Å²) in [7, 11) is 0. The zero-order valence-electron chi connectivity index (χ0n) is 11.5. The molecule has 3 heteroatoms. The predicted octanol–water partition coefficient (Wildman–Crippen LogP) is 3.82. The Morgan fingerprint density at radius 1 is 0.882 bits per heavy atom. The number of fused-ring (bicyclic) bond motifs is 1. The van der Waals surface area contributed by atoms with Crippen molar-refractivity contribution in [3.05, 3.63) is 23.7 Å². The van der Waals surface area contributed by atoms with E-state index in [0.717, 1.165) is 11.3 Å². The molecule has 3 nitrogen and oxygen atoms in total. The number of rotatable bonds is 0. The standard InChI is InChI=1S/C14H20N2O/c1-13(2,3)9-10-12(16-8-7-15-10)17-11(9)14(4,5)6/h7-8H,1-6H3. The van der Waals surface area contributed by atoms with Crippen molar-refractivity contribution < 1.29 is 4.42 Å². The third-order valence-corrected chi connectivity index (χ3v) is 2.76. The molecule has 2 heterocycles. The maximum absolute atomic E-state index is 5.92. The second kappa shape index (κ2) is 3.56. The van der Waals surface area contributed by atoms with Crippen LogP contribution in [-0.4, -0.2) is 9.97 Å². The molecular weight excluding hydrogens is 212 g/mol. The van der Waals surface area contributed by atoms with Crippen LogP contribution in [0.5, 0.6) is 0 Å². The smallest absolute Gasteiger partial charge is 0.245 e. The third kappa shape index (κ3) is 2.06. The molecule has 0 N–H and O–H groups in total. The predicted molar refractivity (Wildman–Crippen MR) is 69.2 cm³/mol. The molecule has 0 aliphatic carbocycles. The van der Waals surface area contributed by atoms with Gasteiger partial charge in [-0.15, -0.1) is 0 Å². The van der Waals surface area contributed by atoms with Gasteiger partial charge in [-0.05, 0) is 5.41 Å². The highest BCUT2D eigenvalue weighted by molar-refractivity contribution is 5.76. The number of aromatic nitrogens is 2. The van der Waals surface area contributed by atoms with Crippen LogP contribution >= 0.6 is 0 Å². The fourth-order valence-electron chi connectivity index (χ4n) is 2.05. The molecule has 0 saturated carbocycles. The Balaban J connectivity index is 2.84. The molecule has 0 amide bonds. The topological polar surface area (TPSA) is 38.9 Å². The normalized spacial score (nSPS) is 13.3. The second-order valence-corrected chi connectivity index (χ2v) is 6.52. The Kier molecular flexibility index (Phi) is 2.53. The van der Waals surface area contributed by atoms with E-state index in [1.54, 1.807) is 12.4 Å². The van der Waals surface area contributed by atoms with Crippen LogP contribution in [0, 0.1) is 0 Å². The second-order valence-electron chi connectivity index (χ2n) is 6.52. The molecule has 0 bridgehead atoms. The SMILES string of the molecule is CC(C)(C)c1oc2nccnc2c1C(C)(C)C. The Morgan fingerprint density at radius 3 is 2.00 bits per heavy atom. The van der Waals surface area contributed by atoms with E-state index in [1.807, 2.05) is 0 Å². The molecule has 2 aromatic heterocycles. The maximum atomic E-state index is 5.92. The van der Waals surface area contributed by atoms with E-state index in [9.17, 15) is 0 Å². The van der Waals surface area contributed by atoms with Crippen molar-refractivity contribution in [2.24, 2.45) is 0 Å². The first-order chi connectivity index (χ1) is 7.71. The van der Waals surface area contributed by atoms with Crippen LogP contribution in [0.3, 0.4) is 0 Å². The first kappa shape index (κ1) is 12.1. The molecule has 2 aromatic rings. The minimum absolute atomic E-state index is 0.00387. The number of nitrogens with zero attached hydrogens (tertiary/aromatic N) is 2. The van der Waals surface area contributed by atoms with E-state index < -0.39 is 0 Å². The summed E-state index contributed by atoms with van der Waals surface area (Å²) in [6.45, 7) is 13.0. The van der Waals surface area contributed by atoms with Crippen LogP contribution in [0.15, 0.2) is 16.8 Å². The molecule has 17 heavy (non-hydrogen) atoms. The Hall–Kier alpha value is -1.38. The van der Waals surface area contributed by atoms with Crippen molar-refractivity contribution in [2.45, 2.75) is 52.4 Å². The average molecular weight is 232 g/mol. The van der Waals surface area contributed by atoms with E-state index >= 15 is 0 Å². The monoisotopic (exact) mass is 232 g/mol. The largest absolute Gasteiger partial charge is 0.441 e. The highest BCUT2D eigenvalue weighted by Gasteiger charge is 2.32. The van der Waals surface area contributed by atoms with Crippen LogP contribution < -0.4 is 0 Å². The fraction of sp³-hybridized carbons (Fsp3) is 0.571. The lowest BCUT2D eigenvalue weighted by Gasteiger charge is -2.24. The molecule has 0 atom stereocenters. The van der Waals surface area contributed by atoms with E-state index in [-0.39, 0.29) is 10.8 Å². The molecule has 2 rings (SSSR count). The minimum atomic E-state index is -0.0367. The van der Waals surface area contributed by atoms with Gasteiger partial charge in [-0.2, -0.15) is 0 Å². The van der Waals surface area contributed by atoms with Crippen LogP contribution in [0.4, 0.5) is 0 Å². The van der Waals surface area contributed by atoms with Crippen LogP contribution in [0.1, 0.15) is 52.9 Å². The van der Waals surface area contributed by atoms with Gasteiger partial charge >= 0.3 is 0 Å². The molecule has 0 radical (unpaired) electrons. The van der Waals surface area contributed by atoms with Gasteiger partial charge in [0.25, 0.3) is 0 Å². The van der Waals surface area contributed by atoms with Crippen LogP contribution in [0.25, 0.3) is 11.2 Å². The highest BCUT2D eigenvalue weighted by atomic mass is 16.3. The summed E-state index contributed by atoms with van der Waals surface area (Å²) in [5, 5.41) is 0. The van der Waals surface area contributed by atoms with Gasteiger partial charge in [0.05, 0.1) is 0 Å². The maximum Gasteiger partial charge on any atom is 0.245 e. The molecule has 0 unspecified atom stereocenters. The van der Waals surface area contributed by atoms with Crippen LogP contribution in [0.2, 0.25) is 0 Å². The van der Waals surface area contributed by atoms with Gasteiger partial charge in [-0.25, -0.2) is 9.97 Å². The van der Waals surface area contributed by atoms with Gasteiger partial charge in [0, 0.05) is 23.4 Å². The van der Waals surface area contributed by atoms with Crippen molar-refractivity contribution >= 4 is 11.2 Å². The Morgan fingerprint density at radius 2 is 1.47 bits per heavy atom. The van der Waals surface area contributed by atoms with Gasteiger partial charge in [-0.1, -0.05) is 41.5 Å².